The fraction of sp³-hybridized carbons (Fsp3) is 0.0800. The topological polar surface area (TPSA) is 90.1 Å². The summed E-state index contributed by atoms with van der Waals surface area (Å²) in [6.07, 6.45) is 3.36. The van der Waals surface area contributed by atoms with Crippen LogP contribution in [0.3, 0.4) is 0 Å². The number of thiophene rings is 1. The third-order valence-electron chi connectivity index (χ3n) is 10.1. The largest absolute Gasteiger partial charge is 0.477 e. The Labute approximate surface area is 336 Å². The minimum atomic E-state index is -1.26. The number of benzene rings is 6. The zero-order chi connectivity index (χ0) is 39.3. The van der Waals surface area contributed by atoms with E-state index in [0.717, 1.165) is 85.0 Å². The Balaban J connectivity index is 1.31. The van der Waals surface area contributed by atoms with Crippen molar-refractivity contribution in [1.82, 2.24) is 9.97 Å². The van der Waals surface area contributed by atoms with Gasteiger partial charge in [0.05, 0.1) is 22.4 Å². The first kappa shape index (κ1) is 36.8. The van der Waals surface area contributed by atoms with Crippen molar-refractivity contribution >= 4 is 51.5 Å². The molecule has 0 fully saturated rings. The van der Waals surface area contributed by atoms with E-state index in [0.29, 0.717) is 4.88 Å². The van der Waals surface area contributed by atoms with Gasteiger partial charge in [-0.25, -0.2) is 14.8 Å². The minimum absolute atomic E-state index is 0.319. The third kappa shape index (κ3) is 7.59. The molecule has 1 N–H and O–H groups in total. The van der Waals surface area contributed by atoms with Crippen LogP contribution >= 0.6 is 11.3 Å². The number of rotatable bonds is 11. The van der Waals surface area contributed by atoms with Crippen LogP contribution < -0.4 is 4.90 Å². The van der Waals surface area contributed by atoms with Crippen molar-refractivity contribution < 1.29 is 9.90 Å². The monoisotopic (exact) mass is 758 g/mol. The van der Waals surface area contributed by atoms with Crippen LogP contribution in [0.4, 0.5) is 17.1 Å². The van der Waals surface area contributed by atoms with Gasteiger partial charge in [-0.3, -0.25) is 0 Å². The third-order valence-corrected chi connectivity index (χ3v) is 11.2. The SMILES string of the molecule is CCc1ccc(N(c2ccc(CC)cc2)c2ccc(-c3ccc(-c4ccc(/C=C(/C#N)C(=O)O)s4)c4nc(-c5ccccc5)c(-c5ccccc5)nc34)cc2)cc1. The first-order valence-electron chi connectivity index (χ1n) is 18.9. The lowest BCUT2D eigenvalue weighted by molar-refractivity contribution is -0.132. The highest BCUT2D eigenvalue weighted by Crippen LogP contribution is 2.42. The molecule has 0 radical (unpaired) electrons. The Bertz CT molecular complexity index is 2720. The van der Waals surface area contributed by atoms with Gasteiger partial charge in [0.2, 0.25) is 0 Å². The molecule has 0 bridgehead atoms. The highest BCUT2D eigenvalue weighted by Gasteiger charge is 2.21. The molecule has 0 spiro atoms. The number of carbonyl (C=O) groups is 1. The number of aromatic nitrogens is 2. The maximum atomic E-state index is 11.6. The van der Waals surface area contributed by atoms with Crippen LogP contribution in [0.25, 0.3) is 61.2 Å². The number of aryl methyl sites for hydroxylation is 2. The molecular formula is C50H38N4O2S. The van der Waals surface area contributed by atoms with Gasteiger partial charge in [-0.2, -0.15) is 5.26 Å². The van der Waals surface area contributed by atoms with Crippen molar-refractivity contribution in [3.05, 3.63) is 179 Å². The van der Waals surface area contributed by atoms with Gasteiger partial charge in [0.25, 0.3) is 0 Å². The lowest BCUT2D eigenvalue weighted by Gasteiger charge is -2.26. The van der Waals surface area contributed by atoms with Crippen LogP contribution in [0.1, 0.15) is 29.9 Å². The molecule has 6 nitrogen and oxygen atoms in total. The fourth-order valence-electron chi connectivity index (χ4n) is 7.02. The summed E-state index contributed by atoms with van der Waals surface area (Å²) < 4.78 is 0. The Kier molecular flexibility index (Phi) is 10.5. The van der Waals surface area contributed by atoms with E-state index >= 15 is 0 Å². The Morgan fingerprint density at radius 3 is 1.56 bits per heavy atom. The minimum Gasteiger partial charge on any atom is -0.477 e. The summed E-state index contributed by atoms with van der Waals surface area (Å²) in [6.45, 7) is 4.34. The number of carboxylic acids is 1. The first-order valence-corrected chi connectivity index (χ1v) is 19.7. The van der Waals surface area contributed by atoms with Crippen LogP contribution in [0.15, 0.2) is 163 Å². The molecule has 57 heavy (non-hydrogen) atoms. The lowest BCUT2D eigenvalue weighted by atomic mass is 9.97. The van der Waals surface area contributed by atoms with Crippen LogP contribution in [-0.4, -0.2) is 21.0 Å². The molecular weight excluding hydrogens is 721 g/mol. The summed E-state index contributed by atoms with van der Waals surface area (Å²) in [5.74, 6) is -1.26. The number of hydrogen-bond donors (Lipinski definition) is 1. The van der Waals surface area contributed by atoms with Crippen LogP contribution in [0, 0.1) is 11.3 Å². The zero-order valence-electron chi connectivity index (χ0n) is 31.6. The highest BCUT2D eigenvalue weighted by atomic mass is 32.1. The normalized spacial score (nSPS) is 11.4. The van der Waals surface area contributed by atoms with Crippen molar-refractivity contribution in [2.75, 3.05) is 4.90 Å². The molecule has 2 heterocycles. The van der Waals surface area contributed by atoms with E-state index in [1.165, 1.54) is 28.5 Å². The van der Waals surface area contributed by atoms with Gasteiger partial charge in [-0.05, 0) is 84.1 Å². The number of hydrogen-bond acceptors (Lipinski definition) is 6. The van der Waals surface area contributed by atoms with Crippen molar-refractivity contribution in [1.29, 1.82) is 5.26 Å². The number of nitrogens with zero attached hydrogens (tertiary/aromatic N) is 4. The molecule has 276 valence electrons. The molecule has 7 heteroatoms. The fourth-order valence-corrected chi connectivity index (χ4v) is 8.00. The highest BCUT2D eigenvalue weighted by molar-refractivity contribution is 7.16. The van der Waals surface area contributed by atoms with Crippen molar-refractivity contribution in [2.45, 2.75) is 26.7 Å². The summed E-state index contributed by atoms with van der Waals surface area (Å²) in [4.78, 5) is 26.3. The van der Waals surface area contributed by atoms with E-state index in [9.17, 15) is 15.2 Å². The van der Waals surface area contributed by atoms with E-state index in [1.54, 1.807) is 6.07 Å². The second-order valence-corrected chi connectivity index (χ2v) is 14.7. The van der Waals surface area contributed by atoms with Crippen molar-refractivity contribution in [3.8, 4) is 50.2 Å². The molecule has 0 amide bonds. The smallest absolute Gasteiger partial charge is 0.346 e. The number of carboxylic acid groups (broad SMARTS) is 1. The molecule has 0 aliphatic rings. The number of nitriles is 1. The van der Waals surface area contributed by atoms with Gasteiger partial charge in [0.1, 0.15) is 11.6 Å². The molecule has 8 rings (SSSR count). The van der Waals surface area contributed by atoms with E-state index < -0.39 is 5.97 Å². The quantitative estimate of drug-likeness (QED) is 0.104. The molecule has 0 unspecified atom stereocenters. The van der Waals surface area contributed by atoms with Gasteiger partial charge in [-0.1, -0.05) is 123 Å². The standard InChI is InChI=1S/C50H38N4O2S/c1-3-33-15-21-39(22-16-33)54(40-23-17-34(4-2)18-24-40)41-25-19-35(20-26-41)43-28-29-44(45-30-27-42(57-45)31-38(32-51)50(55)56)49-48(43)52-46(36-11-7-5-8-12-36)47(53-49)37-13-9-6-10-14-37/h5-31H,3-4H2,1-2H3,(H,55,56)/b38-31-. The van der Waals surface area contributed by atoms with E-state index in [1.807, 2.05) is 60.7 Å². The number of fused-ring (bicyclic) bond motifs is 1. The summed E-state index contributed by atoms with van der Waals surface area (Å²) in [5.41, 5.74) is 13.2. The molecule has 0 aliphatic heterocycles. The maximum Gasteiger partial charge on any atom is 0.346 e. The lowest BCUT2D eigenvalue weighted by Crippen LogP contribution is -2.10. The number of aliphatic carboxylic acids is 1. The first-order chi connectivity index (χ1) is 27.9. The van der Waals surface area contributed by atoms with Gasteiger partial charge in [0, 0.05) is 49.1 Å². The van der Waals surface area contributed by atoms with Gasteiger partial charge < -0.3 is 10.0 Å². The Hall–Kier alpha value is -7.14. The zero-order valence-corrected chi connectivity index (χ0v) is 32.4. The molecule has 8 aromatic rings. The second-order valence-electron chi connectivity index (χ2n) is 13.6. The van der Waals surface area contributed by atoms with E-state index in [4.69, 9.17) is 9.97 Å². The molecule has 0 aliphatic carbocycles. The van der Waals surface area contributed by atoms with Gasteiger partial charge in [0.15, 0.2) is 0 Å². The maximum absolute atomic E-state index is 11.6. The van der Waals surface area contributed by atoms with Gasteiger partial charge >= 0.3 is 5.97 Å². The van der Waals surface area contributed by atoms with Crippen LogP contribution in [0.2, 0.25) is 0 Å². The molecule has 6 aromatic carbocycles. The molecule has 0 atom stereocenters. The summed E-state index contributed by atoms with van der Waals surface area (Å²) in [7, 11) is 0. The predicted octanol–water partition coefficient (Wildman–Crippen LogP) is 12.9. The van der Waals surface area contributed by atoms with E-state index in [2.05, 4.69) is 116 Å². The molecule has 0 saturated heterocycles. The van der Waals surface area contributed by atoms with Crippen molar-refractivity contribution in [3.63, 3.8) is 0 Å². The average molecular weight is 759 g/mol. The second kappa shape index (κ2) is 16.3. The molecule has 2 aromatic heterocycles. The van der Waals surface area contributed by atoms with Crippen LogP contribution in [0.5, 0.6) is 0 Å². The summed E-state index contributed by atoms with van der Waals surface area (Å²) in [6, 6.07) is 56.1. The van der Waals surface area contributed by atoms with Crippen molar-refractivity contribution in [2.24, 2.45) is 0 Å². The number of anilines is 3. The van der Waals surface area contributed by atoms with Crippen LogP contribution in [-0.2, 0) is 17.6 Å². The summed E-state index contributed by atoms with van der Waals surface area (Å²) >= 11 is 1.41. The predicted molar refractivity (Wildman–Crippen MR) is 234 cm³/mol. The Morgan fingerprint density at radius 2 is 1.09 bits per heavy atom. The van der Waals surface area contributed by atoms with E-state index in [-0.39, 0.29) is 5.57 Å². The molecule has 0 saturated carbocycles. The van der Waals surface area contributed by atoms with Gasteiger partial charge in [-0.15, -0.1) is 11.3 Å². The Morgan fingerprint density at radius 1 is 0.614 bits per heavy atom. The average Bonchev–Trinajstić information content (AvgIpc) is 3.74. The summed E-state index contributed by atoms with van der Waals surface area (Å²) in [5, 5.41) is 18.9.